The van der Waals surface area contributed by atoms with E-state index in [2.05, 4.69) is 75.8 Å². The number of aromatic amines is 2. The van der Waals surface area contributed by atoms with E-state index in [4.69, 9.17) is 19.4 Å². The van der Waals surface area contributed by atoms with Crippen molar-refractivity contribution in [2.75, 3.05) is 14.2 Å². The predicted molar refractivity (Wildman–Crippen MR) is 214 cm³/mol. The summed E-state index contributed by atoms with van der Waals surface area (Å²) in [5.74, 6) is -0.447. The first-order valence-electron chi connectivity index (χ1n) is 19.4. The number of rotatable bonds is 16. The van der Waals surface area contributed by atoms with Crippen molar-refractivity contribution >= 4 is 56.3 Å². The Hall–Kier alpha value is -4.46. The normalized spacial score (nSPS) is 12.9. The summed E-state index contributed by atoms with van der Waals surface area (Å²) >= 11 is 0. The number of fused-ring (bicyclic) bond motifs is 8. The molecule has 0 saturated heterocycles. The van der Waals surface area contributed by atoms with Crippen molar-refractivity contribution in [1.82, 2.24) is 19.9 Å². The molecule has 3 aromatic rings. The molecule has 0 fully saturated rings. The van der Waals surface area contributed by atoms with Crippen LogP contribution in [0.2, 0.25) is 0 Å². The molecule has 0 aromatic carbocycles. The third kappa shape index (κ3) is 8.76. The average Bonchev–Trinajstić information content (AvgIpc) is 3.79. The van der Waals surface area contributed by atoms with Crippen molar-refractivity contribution in [2.45, 2.75) is 131 Å². The molecule has 0 aliphatic carbocycles. The minimum Gasteiger partial charge on any atom is -0.469 e. The number of hydrogen-bond donors (Lipinski definition) is 2. The molecule has 2 N–H and O–H groups in total. The molecule has 52 heavy (non-hydrogen) atoms. The number of esters is 2. The number of ether oxygens (including phenoxy) is 2. The largest absolute Gasteiger partial charge is 0.469 e. The molecule has 0 spiro atoms. The van der Waals surface area contributed by atoms with Crippen molar-refractivity contribution in [3.05, 3.63) is 69.3 Å². The van der Waals surface area contributed by atoms with Gasteiger partial charge in [-0.3, -0.25) is 9.59 Å². The van der Waals surface area contributed by atoms with Crippen molar-refractivity contribution in [2.24, 2.45) is 0 Å². The summed E-state index contributed by atoms with van der Waals surface area (Å²) in [7, 11) is 2.89. The van der Waals surface area contributed by atoms with Crippen LogP contribution < -0.4 is 0 Å². The number of allylic oxidation sites excluding steroid dienone is 4. The van der Waals surface area contributed by atoms with Gasteiger partial charge >= 0.3 is 11.9 Å². The van der Waals surface area contributed by atoms with Gasteiger partial charge in [-0.15, -0.1) is 0 Å². The molecule has 8 bridgehead atoms. The number of unbranched alkanes of at least 4 members (excludes halogenated alkanes) is 6. The fourth-order valence-corrected chi connectivity index (χ4v) is 7.61. The summed E-state index contributed by atoms with van der Waals surface area (Å²) in [6, 6.07) is 8.70. The zero-order valence-corrected chi connectivity index (χ0v) is 32.7. The lowest BCUT2D eigenvalue weighted by molar-refractivity contribution is -0.141. The molecular weight excluding hydrogens is 649 g/mol. The van der Waals surface area contributed by atoms with Crippen molar-refractivity contribution in [3.8, 4) is 0 Å². The van der Waals surface area contributed by atoms with Crippen LogP contribution in [0.1, 0.15) is 150 Å². The lowest BCUT2D eigenvalue weighted by atomic mass is 9.98. The van der Waals surface area contributed by atoms with Gasteiger partial charge in [0, 0.05) is 34.9 Å². The number of H-pyrrole nitrogens is 2. The van der Waals surface area contributed by atoms with E-state index in [-0.39, 0.29) is 11.9 Å². The van der Waals surface area contributed by atoms with Gasteiger partial charge in [0.2, 0.25) is 0 Å². The van der Waals surface area contributed by atoms with Gasteiger partial charge in [0.1, 0.15) is 0 Å². The zero-order chi connectivity index (χ0) is 37.4. The molecule has 278 valence electrons. The summed E-state index contributed by atoms with van der Waals surface area (Å²) in [6.07, 6.45) is 13.0. The van der Waals surface area contributed by atoms with Gasteiger partial charge in [0.15, 0.2) is 0 Å². The first-order valence-corrected chi connectivity index (χ1v) is 19.4. The third-order valence-corrected chi connectivity index (χ3v) is 11.0. The molecule has 0 radical (unpaired) electrons. The lowest BCUT2D eigenvalue weighted by Gasteiger charge is -2.05. The Morgan fingerprint density at radius 3 is 1.29 bits per heavy atom. The van der Waals surface area contributed by atoms with Crippen LogP contribution in [0.3, 0.4) is 0 Å². The molecule has 5 heterocycles. The summed E-state index contributed by atoms with van der Waals surface area (Å²) in [6.45, 7) is 13.1. The maximum Gasteiger partial charge on any atom is 0.305 e. The van der Waals surface area contributed by atoms with Crippen LogP contribution in [0, 0.1) is 13.8 Å². The minimum atomic E-state index is -0.223. The summed E-state index contributed by atoms with van der Waals surface area (Å²) in [5.41, 5.74) is 17.0. The predicted octanol–water partition coefficient (Wildman–Crippen LogP) is 10.9. The van der Waals surface area contributed by atoms with E-state index in [1.165, 1.54) is 75.0 Å². The molecule has 8 nitrogen and oxygen atoms in total. The fraction of sp³-hybridized carbons (Fsp3) is 0.500. The van der Waals surface area contributed by atoms with Gasteiger partial charge < -0.3 is 19.4 Å². The molecule has 0 unspecified atom stereocenters. The number of nitrogens with one attached hydrogen (secondary N) is 2. The number of carbonyl (C=O) groups excluding carboxylic acids is 2. The van der Waals surface area contributed by atoms with E-state index in [0.717, 1.165) is 92.8 Å². The number of methoxy groups -OCH3 is 2. The van der Waals surface area contributed by atoms with Crippen LogP contribution >= 0.6 is 0 Å². The zero-order valence-electron chi connectivity index (χ0n) is 32.7. The Kier molecular flexibility index (Phi) is 13.3. The molecule has 0 amide bonds. The number of aromatic nitrogens is 4. The fourth-order valence-electron chi connectivity index (χ4n) is 7.61. The first-order chi connectivity index (χ1) is 25.1. The van der Waals surface area contributed by atoms with Gasteiger partial charge in [-0.2, -0.15) is 0 Å². The summed E-state index contributed by atoms with van der Waals surface area (Å²) < 4.78 is 10.1. The second-order valence-electron chi connectivity index (χ2n) is 14.4. The number of nitrogens with zero attached hydrogens (tertiary/aromatic N) is 2. The Labute approximate surface area is 309 Å². The van der Waals surface area contributed by atoms with E-state index >= 15 is 0 Å². The van der Waals surface area contributed by atoms with Crippen molar-refractivity contribution in [3.63, 3.8) is 0 Å². The highest BCUT2D eigenvalue weighted by Gasteiger charge is 2.21. The SMILES string of the molecule is CCCCCCC1=C(C)c2cc3[nH]c(cc4nc(cc5[nH]c(cc1n2)c(C)c5CCC(=O)OC)C(C)=C4CCCCCC)c(C)c3CCC(=O)OC. The van der Waals surface area contributed by atoms with E-state index in [1.807, 2.05) is 0 Å². The summed E-state index contributed by atoms with van der Waals surface area (Å²) in [5, 5.41) is 0. The molecule has 3 aromatic heterocycles. The molecule has 5 rings (SSSR count). The lowest BCUT2D eigenvalue weighted by Crippen LogP contribution is -2.02. The second-order valence-corrected chi connectivity index (χ2v) is 14.4. The maximum atomic E-state index is 12.3. The molecule has 0 atom stereocenters. The Morgan fingerprint density at radius 2 is 0.923 bits per heavy atom. The molecule has 2 aliphatic rings. The highest BCUT2D eigenvalue weighted by atomic mass is 16.5. The third-order valence-electron chi connectivity index (χ3n) is 11.0. The van der Waals surface area contributed by atoms with E-state index in [1.54, 1.807) is 0 Å². The highest BCUT2D eigenvalue weighted by molar-refractivity contribution is 5.95. The molecule has 0 saturated carbocycles. The highest BCUT2D eigenvalue weighted by Crippen LogP contribution is 2.38. The van der Waals surface area contributed by atoms with Crippen LogP contribution in [0.4, 0.5) is 0 Å². The molecule has 8 heteroatoms. The number of aryl methyl sites for hydroxylation is 4. The quantitative estimate of drug-likeness (QED) is 0.113. The minimum absolute atomic E-state index is 0.223. The Balaban J connectivity index is 1.83. The van der Waals surface area contributed by atoms with Crippen LogP contribution in [0.5, 0.6) is 0 Å². The molecule has 2 aliphatic heterocycles. The van der Waals surface area contributed by atoms with Crippen LogP contribution in [-0.4, -0.2) is 46.1 Å². The van der Waals surface area contributed by atoms with Gasteiger partial charge in [-0.05, 0) is 135 Å². The summed E-state index contributed by atoms with van der Waals surface area (Å²) in [4.78, 5) is 42.7. The maximum absolute atomic E-state index is 12.3. The van der Waals surface area contributed by atoms with E-state index in [0.29, 0.717) is 25.7 Å². The Morgan fingerprint density at radius 1 is 0.538 bits per heavy atom. The van der Waals surface area contributed by atoms with Crippen LogP contribution in [0.15, 0.2) is 24.3 Å². The van der Waals surface area contributed by atoms with E-state index < -0.39 is 0 Å². The van der Waals surface area contributed by atoms with Crippen molar-refractivity contribution < 1.29 is 19.1 Å². The van der Waals surface area contributed by atoms with Crippen molar-refractivity contribution in [1.29, 1.82) is 0 Å². The smallest absolute Gasteiger partial charge is 0.305 e. The standard InChI is InChI=1S/C44H58N4O4/c1-9-11-13-15-17-31-27(3)35-25-41-34(20-22-44(50)52-8)30(6)38(48-41)24-40-32(18-16-14-12-10-2)28(4)36(46-40)26-42-33(19-21-43(49)51-7)29(5)37(47-42)23-39(31)45-35/h23-26,47-48H,9-22H2,1-8H3. The first kappa shape index (κ1) is 38.8. The second kappa shape index (κ2) is 17.8. The number of hydrogen-bond acceptors (Lipinski definition) is 6. The monoisotopic (exact) mass is 706 g/mol. The number of carbonyl (C=O) groups is 2. The Bertz CT molecular complexity index is 1880. The van der Waals surface area contributed by atoms with E-state index in [9.17, 15) is 9.59 Å². The van der Waals surface area contributed by atoms with Crippen LogP contribution in [0.25, 0.3) is 44.4 Å². The van der Waals surface area contributed by atoms with Gasteiger partial charge in [0.25, 0.3) is 0 Å². The van der Waals surface area contributed by atoms with Gasteiger partial charge in [-0.1, -0.05) is 52.4 Å². The van der Waals surface area contributed by atoms with Gasteiger partial charge in [-0.25, -0.2) is 9.97 Å². The molecular formula is C44H58N4O4. The van der Waals surface area contributed by atoms with Gasteiger partial charge in [0.05, 0.1) is 37.0 Å². The topological polar surface area (TPSA) is 110 Å². The van der Waals surface area contributed by atoms with Crippen LogP contribution in [-0.2, 0) is 31.9 Å². The average molecular weight is 707 g/mol.